The molecule has 1 aromatic carbocycles. The van der Waals surface area contributed by atoms with E-state index in [9.17, 15) is 4.39 Å². The Kier molecular flexibility index (Phi) is 2.60. The Labute approximate surface area is 107 Å². The first-order chi connectivity index (χ1) is 8.75. The van der Waals surface area contributed by atoms with Gasteiger partial charge in [-0.05, 0) is 23.6 Å². The molecular weight excluding hydrogens is 251 g/mol. The number of nitrogens with two attached hydrogens (primary N) is 1. The van der Waals surface area contributed by atoms with Gasteiger partial charge in [-0.1, -0.05) is 23.4 Å². The molecule has 0 amide bonds. The lowest BCUT2D eigenvalue weighted by Crippen LogP contribution is -1.87. The Morgan fingerprint density at radius 3 is 2.83 bits per heavy atom. The fourth-order valence-electron chi connectivity index (χ4n) is 1.79. The standard InChI is InChI=1S/C13H9FN2OS/c14-9-4-1-3-8(7-9)12-11(13(15)16-17-12)10-5-2-6-18-10/h1-7H,(H2,15,16). The van der Waals surface area contributed by atoms with Crippen molar-refractivity contribution in [2.45, 2.75) is 0 Å². The lowest BCUT2D eigenvalue weighted by atomic mass is 10.1. The van der Waals surface area contributed by atoms with Crippen LogP contribution in [-0.4, -0.2) is 5.16 Å². The molecule has 3 nitrogen and oxygen atoms in total. The minimum Gasteiger partial charge on any atom is -0.380 e. The first-order valence-electron chi connectivity index (χ1n) is 5.30. The van der Waals surface area contributed by atoms with Crippen LogP contribution in [0.25, 0.3) is 21.8 Å². The van der Waals surface area contributed by atoms with Crippen molar-refractivity contribution in [1.29, 1.82) is 0 Å². The average Bonchev–Trinajstić information content (AvgIpc) is 2.97. The zero-order valence-electron chi connectivity index (χ0n) is 9.26. The van der Waals surface area contributed by atoms with Gasteiger partial charge in [-0.2, -0.15) is 0 Å². The van der Waals surface area contributed by atoms with Gasteiger partial charge < -0.3 is 10.3 Å². The molecule has 0 aliphatic heterocycles. The Morgan fingerprint density at radius 2 is 2.11 bits per heavy atom. The second-order valence-corrected chi connectivity index (χ2v) is 4.71. The number of aromatic nitrogens is 1. The SMILES string of the molecule is Nc1noc(-c2cccc(F)c2)c1-c1cccs1. The van der Waals surface area contributed by atoms with Crippen LogP contribution in [0.5, 0.6) is 0 Å². The molecule has 3 aromatic rings. The number of hydrogen-bond acceptors (Lipinski definition) is 4. The van der Waals surface area contributed by atoms with Crippen molar-refractivity contribution in [2.75, 3.05) is 5.73 Å². The highest BCUT2D eigenvalue weighted by Crippen LogP contribution is 2.38. The molecule has 90 valence electrons. The zero-order valence-corrected chi connectivity index (χ0v) is 10.1. The summed E-state index contributed by atoms with van der Waals surface area (Å²) in [6.07, 6.45) is 0. The number of nitrogens with zero attached hydrogens (tertiary/aromatic N) is 1. The number of benzene rings is 1. The van der Waals surface area contributed by atoms with E-state index in [1.807, 2.05) is 17.5 Å². The van der Waals surface area contributed by atoms with E-state index >= 15 is 0 Å². The molecule has 0 aliphatic carbocycles. The molecule has 2 aromatic heterocycles. The maximum atomic E-state index is 13.2. The number of nitrogen functional groups attached to an aromatic ring is 1. The summed E-state index contributed by atoms with van der Waals surface area (Å²) in [4.78, 5) is 0.952. The molecule has 0 saturated heterocycles. The van der Waals surface area contributed by atoms with Gasteiger partial charge in [0.25, 0.3) is 0 Å². The molecule has 0 atom stereocenters. The molecule has 3 rings (SSSR count). The Hall–Kier alpha value is -2.14. The summed E-state index contributed by atoms with van der Waals surface area (Å²) in [5.41, 5.74) is 7.16. The van der Waals surface area contributed by atoms with Crippen molar-refractivity contribution >= 4 is 17.2 Å². The van der Waals surface area contributed by atoms with Crippen molar-refractivity contribution in [3.05, 3.63) is 47.6 Å². The van der Waals surface area contributed by atoms with Gasteiger partial charge in [-0.15, -0.1) is 11.3 Å². The number of thiophene rings is 1. The molecule has 0 spiro atoms. The summed E-state index contributed by atoms with van der Waals surface area (Å²) in [6, 6.07) is 10.0. The van der Waals surface area contributed by atoms with E-state index in [0.29, 0.717) is 17.1 Å². The molecule has 2 N–H and O–H groups in total. The van der Waals surface area contributed by atoms with Crippen LogP contribution in [-0.2, 0) is 0 Å². The van der Waals surface area contributed by atoms with Crippen molar-refractivity contribution in [2.24, 2.45) is 0 Å². The topological polar surface area (TPSA) is 52.0 Å². The van der Waals surface area contributed by atoms with Crippen LogP contribution in [0.4, 0.5) is 10.2 Å². The van der Waals surface area contributed by atoms with Crippen molar-refractivity contribution < 1.29 is 8.91 Å². The highest BCUT2D eigenvalue weighted by molar-refractivity contribution is 7.13. The lowest BCUT2D eigenvalue weighted by Gasteiger charge is -2.00. The van der Waals surface area contributed by atoms with Gasteiger partial charge in [-0.3, -0.25) is 0 Å². The van der Waals surface area contributed by atoms with E-state index in [4.69, 9.17) is 10.3 Å². The van der Waals surface area contributed by atoms with Gasteiger partial charge in [0.2, 0.25) is 0 Å². The van der Waals surface area contributed by atoms with E-state index in [0.717, 1.165) is 10.4 Å². The van der Waals surface area contributed by atoms with E-state index < -0.39 is 0 Å². The number of rotatable bonds is 2. The molecule has 5 heteroatoms. The molecule has 0 radical (unpaired) electrons. The number of hydrogen-bond donors (Lipinski definition) is 1. The summed E-state index contributed by atoms with van der Waals surface area (Å²) < 4.78 is 18.5. The van der Waals surface area contributed by atoms with Crippen LogP contribution >= 0.6 is 11.3 Å². The van der Waals surface area contributed by atoms with Crippen molar-refractivity contribution in [1.82, 2.24) is 5.16 Å². The summed E-state index contributed by atoms with van der Waals surface area (Å²) in [6.45, 7) is 0. The maximum absolute atomic E-state index is 13.2. The van der Waals surface area contributed by atoms with Crippen LogP contribution in [0.15, 0.2) is 46.3 Å². The molecule has 0 fully saturated rings. The van der Waals surface area contributed by atoms with Gasteiger partial charge >= 0.3 is 0 Å². The number of anilines is 1. The second kappa shape index (κ2) is 4.27. The molecule has 18 heavy (non-hydrogen) atoms. The highest BCUT2D eigenvalue weighted by atomic mass is 32.1. The van der Waals surface area contributed by atoms with Gasteiger partial charge in [0.05, 0.1) is 5.56 Å². The Morgan fingerprint density at radius 1 is 1.22 bits per heavy atom. The monoisotopic (exact) mass is 260 g/mol. The molecule has 0 aliphatic rings. The maximum Gasteiger partial charge on any atom is 0.177 e. The van der Waals surface area contributed by atoms with Crippen LogP contribution in [0, 0.1) is 5.82 Å². The normalized spacial score (nSPS) is 10.7. The Bertz CT molecular complexity index is 676. The van der Waals surface area contributed by atoms with Crippen LogP contribution in [0.1, 0.15) is 0 Å². The summed E-state index contributed by atoms with van der Waals surface area (Å²) >= 11 is 1.53. The smallest absolute Gasteiger partial charge is 0.177 e. The minimum atomic E-state index is -0.320. The third kappa shape index (κ3) is 1.78. The lowest BCUT2D eigenvalue weighted by molar-refractivity contribution is 0.436. The fraction of sp³-hybridized carbons (Fsp3) is 0. The van der Waals surface area contributed by atoms with Crippen molar-refractivity contribution in [3.63, 3.8) is 0 Å². The molecule has 0 unspecified atom stereocenters. The molecule has 0 bridgehead atoms. The predicted molar refractivity (Wildman–Crippen MR) is 69.6 cm³/mol. The molecule has 0 saturated carbocycles. The highest BCUT2D eigenvalue weighted by Gasteiger charge is 2.18. The van der Waals surface area contributed by atoms with Crippen LogP contribution < -0.4 is 5.73 Å². The third-order valence-corrected chi connectivity index (χ3v) is 3.46. The van der Waals surface area contributed by atoms with Gasteiger partial charge in [0, 0.05) is 10.4 Å². The predicted octanol–water partition coefficient (Wildman–Crippen LogP) is 3.79. The Balaban J connectivity index is 2.20. The average molecular weight is 260 g/mol. The summed E-state index contributed by atoms with van der Waals surface area (Å²) in [5.74, 6) is 0.491. The zero-order chi connectivity index (χ0) is 12.5. The van der Waals surface area contributed by atoms with Crippen molar-refractivity contribution in [3.8, 4) is 21.8 Å². The first kappa shape index (κ1) is 11.0. The van der Waals surface area contributed by atoms with Crippen LogP contribution in [0.2, 0.25) is 0 Å². The summed E-state index contributed by atoms with van der Waals surface area (Å²) in [5, 5.41) is 5.71. The quantitative estimate of drug-likeness (QED) is 0.762. The van der Waals surface area contributed by atoms with Gasteiger partial charge in [-0.25, -0.2) is 4.39 Å². The van der Waals surface area contributed by atoms with Gasteiger partial charge in [0.15, 0.2) is 11.6 Å². The second-order valence-electron chi connectivity index (χ2n) is 3.76. The van der Waals surface area contributed by atoms with Crippen LogP contribution in [0.3, 0.4) is 0 Å². The van der Waals surface area contributed by atoms with Gasteiger partial charge in [0.1, 0.15) is 5.82 Å². The number of halogens is 1. The van der Waals surface area contributed by atoms with E-state index in [2.05, 4.69) is 5.16 Å². The largest absolute Gasteiger partial charge is 0.380 e. The third-order valence-electron chi connectivity index (χ3n) is 2.57. The fourth-order valence-corrected chi connectivity index (χ4v) is 2.56. The minimum absolute atomic E-state index is 0.316. The summed E-state index contributed by atoms with van der Waals surface area (Å²) in [7, 11) is 0. The molecular formula is C13H9FN2OS. The van der Waals surface area contributed by atoms with E-state index in [-0.39, 0.29) is 5.82 Å². The molecule has 2 heterocycles. The van der Waals surface area contributed by atoms with E-state index in [1.165, 1.54) is 23.5 Å². The first-order valence-corrected chi connectivity index (χ1v) is 6.18. The van der Waals surface area contributed by atoms with E-state index in [1.54, 1.807) is 12.1 Å².